The van der Waals surface area contributed by atoms with Crippen molar-refractivity contribution in [2.24, 2.45) is 5.73 Å². The van der Waals surface area contributed by atoms with Crippen LogP contribution in [0.15, 0.2) is 35.0 Å². The second-order valence-electron chi connectivity index (χ2n) is 8.40. The normalized spacial score (nSPS) is 19.0. The minimum Gasteiger partial charge on any atom is -0.488 e. The van der Waals surface area contributed by atoms with Crippen molar-refractivity contribution in [2.45, 2.75) is 37.8 Å². The summed E-state index contributed by atoms with van der Waals surface area (Å²) >= 11 is 0. The largest absolute Gasteiger partial charge is 0.488 e. The van der Waals surface area contributed by atoms with Crippen LogP contribution in [0.1, 0.15) is 25.7 Å². The van der Waals surface area contributed by atoms with Gasteiger partial charge in [0.1, 0.15) is 11.3 Å². The Labute approximate surface area is 182 Å². The first-order chi connectivity index (χ1) is 15.0. The lowest BCUT2D eigenvalue weighted by Gasteiger charge is -2.27. The van der Waals surface area contributed by atoms with Gasteiger partial charge in [-0.25, -0.2) is 9.97 Å². The first-order valence-corrected chi connectivity index (χ1v) is 10.7. The molecule has 0 bridgehead atoms. The number of anilines is 3. The van der Waals surface area contributed by atoms with Gasteiger partial charge < -0.3 is 24.7 Å². The zero-order chi connectivity index (χ0) is 21.8. The molecule has 9 nitrogen and oxygen atoms in total. The molecule has 1 aromatic carbocycles. The minimum atomic E-state index is 0.173. The van der Waals surface area contributed by atoms with Gasteiger partial charge in [-0.1, -0.05) is 12.1 Å². The number of ether oxygens (including phenoxy) is 1. The summed E-state index contributed by atoms with van der Waals surface area (Å²) in [6.07, 6.45) is 7.53. The average Bonchev–Trinajstić information content (AvgIpc) is 3.22. The van der Waals surface area contributed by atoms with E-state index >= 15 is 0 Å². The molecule has 9 heteroatoms. The Morgan fingerprint density at radius 2 is 1.90 bits per heavy atom. The molecule has 1 fully saturated rings. The van der Waals surface area contributed by atoms with E-state index < -0.39 is 0 Å². The van der Waals surface area contributed by atoms with Crippen LogP contribution in [0, 0.1) is 0 Å². The van der Waals surface area contributed by atoms with Gasteiger partial charge >= 0.3 is 0 Å². The zero-order valence-electron chi connectivity index (χ0n) is 18.4. The van der Waals surface area contributed by atoms with Gasteiger partial charge in [0, 0.05) is 37.8 Å². The van der Waals surface area contributed by atoms with Crippen molar-refractivity contribution in [3.05, 3.63) is 30.6 Å². The summed E-state index contributed by atoms with van der Waals surface area (Å²) in [5.74, 6) is 1.70. The lowest BCUT2D eigenvalue weighted by molar-refractivity contribution is 0.149. The van der Waals surface area contributed by atoms with E-state index in [0.717, 1.165) is 55.4 Å². The minimum absolute atomic E-state index is 0.173. The zero-order valence-corrected chi connectivity index (χ0v) is 18.4. The van der Waals surface area contributed by atoms with Crippen molar-refractivity contribution in [3.8, 4) is 5.75 Å². The number of oxazole rings is 1. The highest BCUT2D eigenvalue weighted by Gasteiger charge is 2.21. The molecular weight excluding hydrogens is 394 g/mol. The first-order valence-electron chi connectivity index (χ1n) is 10.7. The Hall–Kier alpha value is -2.91. The van der Waals surface area contributed by atoms with Crippen LogP contribution in [-0.2, 0) is 0 Å². The Bertz CT molecular complexity index is 998. The van der Waals surface area contributed by atoms with Crippen molar-refractivity contribution < 1.29 is 9.15 Å². The van der Waals surface area contributed by atoms with E-state index in [1.54, 1.807) is 12.4 Å². The molecule has 1 saturated carbocycles. The van der Waals surface area contributed by atoms with Gasteiger partial charge in [-0.3, -0.25) is 5.32 Å². The van der Waals surface area contributed by atoms with Crippen LogP contribution in [0.2, 0.25) is 0 Å². The average molecular weight is 426 g/mol. The van der Waals surface area contributed by atoms with Crippen LogP contribution in [0.3, 0.4) is 0 Å². The predicted octanol–water partition coefficient (Wildman–Crippen LogP) is 3.01. The van der Waals surface area contributed by atoms with E-state index in [-0.39, 0.29) is 6.10 Å². The van der Waals surface area contributed by atoms with Gasteiger partial charge in [0.25, 0.3) is 6.01 Å². The molecular formula is C22H31N7O2. The number of aromatic nitrogens is 3. The molecule has 2 aromatic heterocycles. The Balaban J connectivity index is 1.47. The molecule has 0 amide bonds. The fraction of sp³-hybridized carbons (Fsp3) is 0.500. The molecule has 3 aromatic rings. The van der Waals surface area contributed by atoms with E-state index in [1.165, 1.54) is 0 Å². The molecule has 166 valence electrons. The van der Waals surface area contributed by atoms with Gasteiger partial charge in [-0.05, 0) is 45.8 Å². The van der Waals surface area contributed by atoms with E-state index in [9.17, 15) is 0 Å². The third kappa shape index (κ3) is 5.42. The van der Waals surface area contributed by atoms with Crippen LogP contribution in [-0.4, -0.2) is 66.2 Å². The van der Waals surface area contributed by atoms with Crippen LogP contribution < -0.4 is 20.7 Å². The second-order valence-corrected chi connectivity index (χ2v) is 8.40. The Kier molecular flexibility index (Phi) is 6.53. The Morgan fingerprint density at radius 1 is 1.10 bits per heavy atom. The van der Waals surface area contributed by atoms with Crippen molar-refractivity contribution in [1.82, 2.24) is 19.9 Å². The highest BCUT2D eigenvalue weighted by Crippen LogP contribution is 2.29. The summed E-state index contributed by atoms with van der Waals surface area (Å²) in [5.41, 5.74) is 6.80. The standard InChI is InChI=1S/C22H31N7O2/c1-28(2)11-12-29(3)22-25-14-19(31-22)26-21-24-13-15-5-4-6-18(20(15)27-21)30-17-9-7-16(23)8-10-17/h4-6,13-14,16-17H,7-12,23H2,1-3H3,(H,24,26,27). The Morgan fingerprint density at radius 3 is 2.68 bits per heavy atom. The van der Waals surface area contributed by atoms with Gasteiger partial charge in [0.05, 0.1) is 12.3 Å². The van der Waals surface area contributed by atoms with Crippen molar-refractivity contribution in [3.63, 3.8) is 0 Å². The molecule has 31 heavy (non-hydrogen) atoms. The number of nitrogens with zero attached hydrogens (tertiary/aromatic N) is 5. The lowest BCUT2D eigenvalue weighted by Crippen LogP contribution is -2.31. The van der Waals surface area contributed by atoms with Crippen LogP contribution in [0.5, 0.6) is 5.75 Å². The summed E-state index contributed by atoms with van der Waals surface area (Å²) in [4.78, 5) is 17.5. The van der Waals surface area contributed by atoms with Crippen LogP contribution >= 0.6 is 0 Å². The topological polar surface area (TPSA) is 106 Å². The van der Waals surface area contributed by atoms with Gasteiger partial charge in [0.15, 0.2) is 0 Å². The van der Waals surface area contributed by atoms with E-state index in [1.807, 2.05) is 44.2 Å². The summed E-state index contributed by atoms with van der Waals surface area (Å²) in [6, 6.07) is 6.74. The molecule has 1 aliphatic carbocycles. The molecule has 0 saturated heterocycles. The highest BCUT2D eigenvalue weighted by atomic mass is 16.5. The van der Waals surface area contributed by atoms with Crippen LogP contribution in [0.25, 0.3) is 10.9 Å². The smallest absolute Gasteiger partial charge is 0.298 e. The molecule has 0 atom stereocenters. The SMILES string of the molecule is CN(C)CCN(C)c1ncc(Nc2ncc3cccc(OC4CCC(N)CC4)c3n2)o1. The van der Waals surface area contributed by atoms with Gasteiger partial charge in [0.2, 0.25) is 11.8 Å². The van der Waals surface area contributed by atoms with E-state index in [0.29, 0.717) is 23.9 Å². The molecule has 4 rings (SSSR count). The van der Waals surface area contributed by atoms with Crippen LogP contribution in [0.4, 0.5) is 17.8 Å². The number of hydrogen-bond acceptors (Lipinski definition) is 9. The number of para-hydroxylation sites is 1. The molecule has 0 aliphatic heterocycles. The summed E-state index contributed by atoms with van der Waals surface area (Å²) in [5, 5.41) is 4.04. The summed E-state index contributed by atoms with van der Waals surface area (Å²) < 4.78 is 12.1. The molecule has 0 radical (unpaired) electrons. The highest BCUT2D eigenvalue weighted by molar-refractivity contribution is 5.84. The molecule has 0 spiro atoms. The number of hydrogen-bond donors (Lipinski definition) is 2. The van der Waals surface area contributed by atoms with E-state index in [2.05, 4.69) is 25.2 Å². The number of likely N-dealkylation sites (N-methyl/N-ethyl adjacent to an activating group) is 2. The van der Waals surface area contributed by atoms with Gasteiger partial charge in [-0.2, -0.15) is 4.98 Å². The maximum Gasteiger partial charge on any atom is 0.298 e. The number of fused-ring (bicyclic) bond motifs is 1. The number of nitrogens with one attached hydrogen (secondary N) is 1. The summed E-state index contributed by atoms with van der Waals surface area (Å²) in [7, 11) is 6.02. The maximum atomic E-state index is 6.28. The predicted molar refractivity (Wildman–Crippen MR) is 122 cm³/mol. The lowest BCUT2D eigenvalue weighted by atomic mass is 9.94. The summed E-state index contributed by atoms with van der Waals surface area (Å²) in [6.45, 7) is 1.72. The first kappa shape index (κ1) is 21.3. The van der Waals surface area contributed by atoms with E-state index in [4.69, 9.17) is 14.9 Å². The quantitative estimate of drug-likeness (QED) is 0.563. The van der Waals surface area contributed by atoms with Crippen molar-refractivity contribution in [2.75, 3.05) is 44.4 Å². The third-order valence-electron chi connectivity index (χ3n) is 5.52. The number of nitrogens with two attached hydrogens (primary N) is 1. The maximum absolute atomic E-state index is 6.28. The molecule has 3 N–H and O–H groups in total. The third-order valence-corrected chi connectivity index (χ3v) is 5.52. The van der Waals surface area contributed by atoms with Gasteiger partial charge in [-0.15, -0.1) is 0 Å². The fourth-order valence-corrected chi connectivity index (χ4v) is 3.62. The van der Waals surface area contributed by atoms with Crippen molar-refractivity contribution in [1.29, 1.82) is 0 Å². The number of benzene rings is 1. The second kappa shape index (κ2) is 9.49. The molecule has 0 unspecified atom stereocenters. The number of rotatable bonds is 8. The molecule has 1 aliphatic rings. The van der Waals surface area contributed by atoms with Crippen molar-refractivity contribution >= 4 is 28.8 Å². The molecule has 2 heterocycles. The fourth-order valence-electron chi connectivity index (χ4n) is 3.62. The monoisotopic (exact) mass is 425 g/mol.